The molecule has 2 atom stereocenters. The molecule has 1 aliphatic heterocycles. The van der Waals surface area contributed by atoms with E-state index in [0.29, 0.717) is 6.04 Å². The van der Waals surface area contributed by atoms with Gasteiger partial charge in [-0.15, -0.1) is 0 Å². The molecule has 1 N–H and O–H groups in total. The van der Waals surface area contributed by atoms with Crippen LogP contribution in [0, 0.1) is 5.92 Å². The van der Waals surface area contributed by atoms with E-state index in [1.165, 1.54) is 38.6 Å². The van der Waals surface area contributed by atoms with Crippen molar-refractivity contribution >= 4 is 0 Å². The fourth-order valence-electron chi connectivity index (χ4n) is 3.01. The lowest BCUT2D eigenvalue weighted by atomic mass is 10.1. The molecule has 1 heterocycles. The summed E-state index contributed by atoms with van der Waals surface area (Å²) in [4.78, 5) is 2.79. The van der Waals surface area contributed by atoms with Crippen molar-refractivity contribution in [2.45, 2.75) is 57.2 Å². The number of nitrogens with one attached hydrogen (secondary N) is 1. The summed E-state index contributed by atoms with van der Waals surface area (Å²) in [6.45, 7) is 6.60. The molecule has 1 saturated heterocycles. The van der Waals surface area contributed by atoms with Crippen molar-refractivity contribution in [2.24, 2.45) is 5.92 Å². The van der Waals surface area contributed by atoms with Gasteiger partial charge in [-0.05, 0) is 44.9 Å². The lowest BCUT2D eigenvalue weighted by Crippen LogP contribution is -2.47. The molecule has 2 saturated carbocycles. The van der Waals surface area contributed by atoms with Gasteiger partial charge in [0, 0.05) is 31.2 Å². The number of morpholine rings is 1. The largest absolute Gasteiger partial charge is 0.379 e. The molecule has 3 heteroatoms. The Bertz CT molecular complexity index is 245. The van der Waals surface area contributed by atoms with Crippen molar-refractivity contribution in [3.63, 3.8) is 0 Å². The van der Waals surface area contributed by atoms with Crippen molar-refractivity contribution in [2.75, 3.05) is 26.3 Å². The Balaban J connectivity index is 1.48. The van der Waals surface area contributed by atoms with E-state index in [4.69, 9.17) is 4.74 Å². The summed E-state index contributed by atoms with van der Waals surface area (Å²) in [5, 5.41) is 3.58. The monoisotopic (exact) mass is 238 g/mol. The second kappa shape index (κ2) is 5.25. The van der Waals surface area contributed by atoms with E-state index in [9.17, 15) is 0 Å². The zero-order valence-electron chi connectivity index (χ0n) is 11.0. The third kappa shape index (κ3) is 3.43. The molecular weight excluding hydrogens is 212 g/mol. The highest BCUT2D eigenvalue weighted by Crippen LogP contribution is 2.36. The van der Waals surface area contributed by atoms with Crippen molar-refractivity contribution < 1.29 is 4.74 Å². The number of nitrogens with zero attached hydrogens (tertiary/aromatic N) is 1. The fraction of sp³-hybridized carbons (Fsp3) is 1.00. The zero-order valence-corrected chi connectivity index (χ0v) is 11.0. The molecule has 0 bridgehead atoms. The molecule has 2 aliphatic carbocycles. The van der Waals surface area contributed by atoms with E-state index in [-0.39, 0.29) is 0 Å². The van der Waals surface area contributed by atoms with E-state index in [0.717, 1.165) is 37.8 Å². The summed E-state index contributed by atoms with van der Waals surface area (Å²) < 4.78 is 5.55. The predicted molar refractivity (Wildman–Crippen MR) is 69.1 cm³/mol. The van der Waals surface area contributed by atoms with Crippen LogP contribution in [0.2, 0.25) is 0 Å². The Hall–Kier alpha value is -0.120. The molecule has 0 amide bonds. The first-order chi connectivity index (χ1) is 8.33. The molecule has 0 aromatic carbocycles. The van der Waals surface area contributed by atoms with Crippen LogP contribution >= 0.6 is 0 Å². The Labute approximate surface area is 105 Å². The highest BCUT2D eigenvalue weighted by Gasteiger charge is 2.36. The quantitative estimate of drug-likeness (QED) is 0.761. The molecule has 2 unspecified atom stereocenters. The summed E-state index contributed by atoms with van der Waals surface area (Å²) in [7, 11) is 0. The lowest BCUT2D eigenvalue weighted by Gasteiger charge is -2.33. The molecule has 17 heavy (non-hydrogen) atoms. The Morgan fingerprint density at radius 3 is 2.71 bits per heavy atom. The number of hydrogen-bond donors (Lipinski definition) is 1. The minimum atomic E-state index is 0.583. The maximum absolute atomic E-state index is 5.55. The summed E-state index contributed by atoms with van der Waals surface area (Å²) in [5.74, 6) is 1.02. The highest BCUT2D eigenvalue weighted by molar-refractivity contribution is 4.92. The summed E-state index contributed by atoms with van der Waals surface area (Å²) in [6.07, 6.45) is 7.07. The molecule has 3 aliphatic rings. The van der Waals surface area contributed by atoms with E-state index in [1.54, 1.807) is 0 Å². The average molecular weight is 238 g/mol. The normalized spacial score (nSPS) is 31.8. The van der Waals surface area contributed by atoms with Gasteiger partial charge < -0.3 is 10.1 Å². The van der Waals surface area contributed by atoms with Crippen molar-refractivity contribution in [1.82, 2.24) is 10.2 Å². The first-order valence-corrected chi connectivity index (χ1v) is 7.40. The molecule has 3 nitrogen and oxygen atoms in total. The van der Waals surface area contributed by atoms with Crippen LogP contribution in [-0.4, -0.2) is 49.3 Å². The van der Waals surface area contributed by atoms with Crippen molar-refractivity contribution in [3.05, 3.63) is 0 Å². The van der Waals surface area contributed by atoms with E-state index < -0.39 is 0 Å². The van der Waals surface area contributed by atoms with Gasteiger partial charge in [-0.25, -0.2) is 0 Å². The Morgan fingerprint density at radius 2 is 2.12 bits per heavy atom. The average Bonchev–Trinajstić information content (AvgIpc) is 3.20. The summed E-state index contributed by atoms with van der Waals surface area (Å²) in [5.41, 5.74) is 0. The van der Waals surface area contributed by atoms with Crippen LogP contribution in [-0.2, 0) is 4.74 Å². The van der Waals surface area contributed by atoms with Gasteiger partial charge >= 0.3 is 0 Å². The minimum Gasteiger partial charge on any atom is -0.379 e. The second-order valence-electron chi connectivity index (χ2n) is 6.18. The summed E-state index contributed by atoms with van der Waals surface area (Å²) >= 11 is 0. The predicted octanol–water partition coefficient (Wildman–Crippen LogP) is 1.63. The van der Waals surface area contributed by atoms with Crippen molar-refractivity contribution in [3.8, 4) is 0 Å². The van der Waals surface area contributed by atoms with Crippen LogP contribution in [0.1, 0.15) is 39.0 Å². The highest BCUT2D eigenvalue weighted by atomic mass is 16.5. The number of rotatable bonds is 6. The molecule has 0 spiro atoms. The third-order valence-corrected chi connectivity index (χ3v) is 4.37. The van der Waals surface area contributed by atoms with Crippen LogP contribution in [0.15, 0.2) is 0 Å². The smallest absolute Gasteiger partial charge is 0.0620 e. The number of hydrogen-bond acceptors (Lipinski definition) is 3. The van der Waals surface area contributed by atoms with Gasteiger partial charge in [0.25, 0.3) is 0 Å². The van der Waals surface area contributed by atoms with Crippen LogP contribution in [0.5, 0.6) is 0 Å². The Morgan fingerprint density at radius 1 is 1.29 bits per heavy atom. The first-order valence-electron chi connectivity index (χ1n) is 7.40. The molecule has 3 fully saturated rings. The van der Waals surface area contributed by atoms with Gasteiger partial charge in [0.15, 0.2) is 0 Å². The van der Waals surface area contributed by atoms with Gasteiger partial charge in [0.2, 0.25) is 0 Å². The first kappa shape index (κ1) is 11.9. The van der Waals surface area contributed by atoms with E-state index >= 15 is 0 Å². The number of ether oxygens (including phenoxy) is 1. The van der Waals surface area contributed by atoms with Gasteiger partial charge in [-0.1, -0.05) is 0 Å². The SMILES string of the molecule is CC(CC1COCCN1)N(CC1CC1)C1CC1. The molecule has 0 radical (unpaired) electrons. The molecule has 98 valence electrons. The second-order valence-corrected chi connectivity index (χ2v) is 6.18. The van der Waals surface area contributed by atoms with Crippen molar-refractivity contribution in [1.29, 1.82) is 0 Å². The maximum Gasteiger partial charge on any atom is 0.0620 e. The van der Waals surface area contributed by atoms with Gasteiger partial charge in [0.05, 0.1) is 13.2 Å². The van der Waals surface area contributed by atoms with Gasteiger partial charge in [-0.2, -0.15) is 0 Å². The topological polar surface area (TPSA) is 24.5 Å². The Kier molecular flexibility index (Phi) is 3.69. The molecule has 3 rings (SSSR count). The van der Waals surface area contributed by atoms with Gasteiger partial charge in [-0.3, -0.25) is 4.90 Å². The zero-order chi connectivity index (χ0) is 11.7. The van der Waals surface area contributed by atoms with Crippen LogP contribution in [0.4, 0.5) is 0 Å². The third-order valence-electron chi connectivity index (χ3n) is 4.37. The van der Waals surface area contributed by atoms with Gasteiger partial charge in [0.1, 0.15) is 0 Å². The maximum atomic E-state index is 5.55. The molecular formula is C14H26N2O. The van der Waals surface area contributed by atoms with Crippen LogP contribution < -0.4 is 5.32 Å². The molecule has 0 aromatic heterocycles. The molecule has 0 aromatic rings. The fourth-order valence-corrected chi connectivity index (χ4v) is 3.01. The minimum absolute atomic E-state index is 0.583. The summed E-state index contributed by atoms with van der Waals surface area (Å²) in [6, 6.07) is 2.22. The van der Waals surface area contributed by atoms with Crippen LogP contribution in [0.3, 0.4) is 0 Å². The standard InChI is InChI=1S/C14H26N2O/c1-11(8-13-10-17-7-6-15-13)16(14-4-5-14)9-12-2-3-12/h11-15H,2-10H2,1H3. The van der Waals surface area contributed by atoms with Crippen LogP contribution in [0.25, 0.3) is 0 Å². The lowest BCUT2D eigenvalue weighted by molar-refractivity contribution is 0.0601. The van der Waals surface area contributed by atoms with E-state index in [1.807, 2.05) is 0 Å². The van der Waals surface area contributed by atoms with E-state index in [2.05, 4.69) is 17.1 Å².